The van der Waals surface area contributed by atoms with Crippen LogP contribution in [0.1, 0.15) is 51.9 Å². The smallest absolute Gasteiger partial charge is 0.220 e. The van der Waals surface area contributed by atoms with Crippen LogP contribution in [0.15, 0.2) is 12.7 Å². The second-order valence-electron chi connectivity index (χ2n) is 4.12. The number of aliphatic hydroxyl groups is 1. The molecule has 0 aliphatic rings. The second-order valence-corrected chi connectivity index (χ2v) is 4.12. The van der Waals surface area contributed by atoms with Crippen LogP contribution >= 0.6 is 0 Å². The van der Waals surface area contributed by atoms with E-state index in [1.165, 1.54) is 0 Å². The zero-order valence-electron chi connectivity index (χ0n) is 10.4. The van der Waals surface area contributed by atoms with Gasteiger partial charge in [0.05, 0.1) is 12.6 Å². The Balaban J connectivity index is 3.61. The molecule has 0 aromatic carbocycles. The Labute approximate surface area is 98.9 Å². The average Bonchev–Trinajstić information content (AvgIpc) is 2.30. The maximum atomic E-state index is 11.5. The molecule has 2 N–H and O–H groups in total. The third-order valence-corrected chi connectivity index (χ3v) is 2.55. The monoisotopic (exact) mass is 227 g/mol. The van der Waals surface area contributed by atoms with E-state index in [1.807, 2.05) is 6.08 Å². The Morgan fingerprint density at radius 1 is 1.44 bits per heavy atom. The number of allylic oxidation sites excluding steroid dienone is 1. The number of amides is 1. The lowest BCUT2D eigenvalue weighted by Crippen LogP contribution is -2.37. The minimum atomic E-state index is -0.0631. The number of aliphatic hydroxyl groups excluding tert-OH is 1. The summed E-state index contributed by atoms with van der Waals surface area (Å²) in [5.41, 5.74) is 0. The highest BCUT2D eigenvalue weighted by Crippen LogP contribution is 2.03. The van der Waals surface area contributed by atoms with Crippen LogP contribution in [0.2, 0.25) is 0 Å². The molecule has 0 fully saturated rings. The molecule has 0 aliphatic carbocycles. The highest BCUT2D eigenvalue weighted by molar-refractivity contribution is 5.76. The molecule has 0 aromatic rings. The fourth-order valence-electron chi connectivity index (χ4n) is 1.53. The predicted molar refractivity (Wildman–Crippen MR) is 67.2 cm³/mol. The fraction of sp³-hybridized carbons (Fsp3) is 0.769. The molecule has 0 aliphatic heterocycles. The zero-order valence-corrected chi connectivity index (χ0v) is 10.4. The van der Waals surface area contributed by atoms with Gasteiger partial charge in [0.2, 0.25) is 5.91 Å². The number of carbonyl (C=O) groups excluding carboxylic acids is 1. The molecule has 3 nitrogen and oxygen atoms in total. The molecule has 0 heterocycles. The van der Waals surface area contributed by atoms with E-state index in [9.17, 15) is 4.79 Å². The lowest BCUT2D eigenvalue weighted by atomic mass is 10.1. The summed E-state index contributed by atoms with van der Waals surface area (Å²) < 4.78 is 0. The fourth-order valence-corrected chi connectivity index (χ4v) is 1.53. The molecule has 3 heteroatoms. The molecule has 0 rings (SSSR count). The number of rotatable bonds is 10. The highest BCUT2D eigenvalue weighted by atomic mass is 16.3. The van der Waals surface area contributed by atoms with Crippen LogP contribution in [0.5, 0.6) is 0 Å². The van der Waals surface area contributed by atoms with E-state index in [2.05, 4.69) is 18.8 Å². The van der Waals surface area contributed by atoms with Crippen molar-refractivity contribution in [3.05, 3.63) is 12.7 Å². The van der Waals surface area contributed by atoms with Gasteiger partial charge in [-0.3, -0.25) is 4.79 Å². The van der Waals surface area contributed by atoms with Crippen molar-refractivity contribution in [2.24, 2.45) is 0 Å². The maximum absolute atomic E-state index is 11.5. The molecule has 0 bridgehead atoms. The van der Waals surface area contributed by atoms with Gasteiger partial charge in [0.1, 0.15) is 0 Å². The van der Waals surface area contributed by atoms with Crippen molar-refractivity contribution in [2.45, 2.75) is 57.9 Å². The molecule has 94 valence electrons. The standard InChI is InChI=1S/C13H25NO2/c1-3-5-7-8-10-13(16)14-12(11-15)9-6-4-2/h3,12,15H,1,4-11H2,2H3,(H,14,16). The van der Waals surface area contributed by atoms with Gasteiger partial charge in [0.25, 0.3) is 0 Å². The van der Waals surface area contributed by atoms with E-state index in [1.54, 1.807) is 0 Å². The Morgan fingerprint density at radius 2 is 2.19 bits per heavy atom. The van der Waals surface area contributed by atoms with E-state index >= 15 is 0 Å². The van der Waals surface area contributed by atoms with E-state index < -0.39 is 0 Å². The second kappa shape index (κ2) is 10.7. The number of hydrogen-bond acceptors (Lipinski definition) is 2. The minimum Gasteiger partial charge on any atom is -0.394 e. The maximum Gasteiger partial charge on any atom is 0.220 e. The number of hydrogen-bond donors (Lipinski definition) is 2. The minimum absolute atomic E-state index is 0.0401. The summed E-state index contributed by atoms with van der Waals surface area (Å²) in [5, 5.41) is 11.9. The van der Waals surface area contributed by atoms with Crippen LogP contribution in [-0.4, -0.2) is 23.7 Å². The highest BCUT2D eigenvalue weighted by Gasteiger charge is 2.09. The van der Waals surface area contributed by atoms with Crippen LogP contribution in [0.4, 0.5) is 0 Å². The molecule has 0 radical (unpaired) electrons. The van der Waals surface area contributed by atoms with Gasteiger partial charge >= 0.3 is 0 Å². The van der Waals surface area contributed by atoms with Crippen LogP contribution in [0.25, 0.3) is 0 Å². The topological polar surface area (TPSA) is 49.3 Å². The van der Waals surface area contributed by atoms with Crippen molar-refractivity contribution in [1.82, 2.24) is 5.32 Å². The summed E-state index contributed by atoms with van der Waals surface area (Å²) >= 11 is 0. The molecular weight excluding hydrogens is 202 g/mol. The summed E-state index contributed by atoms with van der Waals surface area (Å²) in [4.78, 5) is 11.5. The van der Waals surface area contributed by atoms with Crippen molar-refractivity contribution in [3.63, 3.8) is 0 Å². The zero-order chi connectivity index (χ0) is 12.2. The first-order valence-electron chi connectivity index (χ1n) is 6.25. The normalized spacial score (nSPS) is 12.1. The van der Waals surface area contributed by atoms with Gasteiger partial charge in [-0.25, -0.2) is 0 Å². The average molecular weight is 227 g/mol. The Morgan fingerprint density at radius 3 is 2.75 bits per heavy atom. The quantitative estimate of drug-likeness (QED) is 0.445. The van der Waals surface area contributed by atoms with E-state index in [-0.39, 0.29) is 18.6 Å². The van der Waals surface area contributed by atoms with Crippen LogP contribution in [0, 0.1) is 0 Å². The predicted octanol–water partition coefficient (Wildman–Crippen LogP) is 2.40. The first-order chi connectivity index (χ1) is 7.74. The Hall–Kier alpha value is -0.830. The molecule has 16 heavy (non-hydrogen) atoms. The third kappa shape index (κ3) is 8.48. The molecule has 0 saturated heterocycles. The lowest BCUT2D eigenvalue weighted by Gasteiger charge is -2.15. The van der Waals surface area contributed by atoms with Crippen molar-refractivity contribution in [3.8, 4) is 0 Å². The van der Waals surface area contributed by atoms with E-state index in [0.29, 0.717) is 6.42 Å². The number of nitrogens with one attached hydrogen (secondary N) is 1. The molecule has 0 aromatic heterocycles. The van der Waals surface area contributed by atoms with E-state index in [0.717, 1.165) is 38.5 Å². The van der Waals surface area contributed by atoms with Crippen molar-refractivity contribution in [2.75, 3.05) is 6.61 Å². The third-order valence-electron chi connectivity index (χ3n) is 2.55. The van der Waals surface area contributed by atoms with Crippen molar-refractivity contribution >= 4 is 5.91 Å². The van der Waals surface area contributed by atoms with Crippen LogP contribution in [0.3, 0.4) is 0 Å². The van der Waals surface area contributed by atoms with Crippen molar-refractivity contribution in [1.29, 1.82) is 0 Å². The summed E-state index contributed by atoms with van der Waals surface area (Å²) in [5.74, 6) is 0.0548. The first-order valence-corrected chi connectivity index (χ1v) is 6.25. The Bertz CT molecular complexity index is 192. The van der Waals surface area contributed by atoms with Gasteiger partial charge in [-0.1, -0.05) is 25.8 Å². The molecule has 1 amide bonds. The molecular formula is C13H25NO2. The van der Waals surface area contributed by atoms with Crippen molar-refractivity contribution < 1.29 is 9.90 Å². The molecule has 0 spiro atoms. The molecule has 0 saturated carbocycles. The summed E-state index contributed by atoms with van der Waals surface area (Å²) in [7, 11) is 0. The summed E-state index contributed by atoms with van der Waals surface area (Å²) in [6, 6.07) is -0.0631. The largest absolute Gasteiger partial charge is 0.394 e. The SMILES string of the molecule is C=CCCCCC(=O)NC(CO)CCCC. The summed E-state index contributed by atoms with van der Waals surface area (Å²) in [6.07, 6.45) is 8.29. The van der Waals surface area contributed by atoms with Gasteiger partial charge in [-0.2, -0.15) is 0 Å². The van der Waals surface area contributed by atoms with Crippen LogP contribution in [-0.2, 0) is 4.79 Å². The lowest BCUT2D eigenvalue weighted by molar-refractivity contribution is -0.122. The molecule has 1 atom stereocenters. The van der Waals surface area contributed by atoms with Gasteiger partial charge in [-0.05, 0) is 25.7 Å². The molecule has 1 unspecified atom stereocenters. The number of carbonyl (C=O) groups is 1. The van der Waals surface area contributed by atoms with Gasteiger partial charge < -0.3 is 10.4 Å². The van der Waals surface area contributed by atoms with Crippen LogP contribution < -0.4 is 5.32 Å². The van der Waals surface area contributed by atoms with Gasteiger partial charge in [-0.15, -0.1) is 6.58 Å². The first kappa shape index (κ1) is 15.2. The van der Waals surface area contributed by atoms with Gasteiger partial charge in [0.15, 0.2) is 0 Å². The summed E-state index contributed by atoms with van der Waals surface area (Å²) in [6.45, 7) is 5.78. The Kier molecular flexibility index (Phi) is 10.1. The van der Waals surface area contributed by atoms with E-state index in [4.69, 9.17) is 5.11 Å². The van der Waals surface area contributed by atoms with Gasteiger partial charge in [0, 0.05) is 6.42 Å². The number of unbranched alkanes of at least 4 members (excludes halogenated alkanes) is 3.